The molecule has 1 heterocycles. The second-order valence-electron chi connectivity index (χ2n) is 5.30. The van der Waals surface area contributed by atoms with Crippen molar-refractivity contribution in [3.05, 3.63) is 82.4 Å². The zero-order chi connectivity index (χ0) is 17.1. The van der Waals surface area contributed by atoms with Gasteiger partial charge < -0.3 is 5.32 Å². The summed E-state index contributed by atoms with van der Waals surface area (Å²) in [6.07, 6.45) is 3.54. The molecule has 0 amide bonds. The Morgan fingerprint density at radius 2 is 1.96 bits per heavy atom. The van der Waals surface area contributed by atoms with Crippen molar-refractivity contribution in [2.24, 2.45) is 0 Å². The van der Waals surface area contributed by atoms with Crippen molar-refractivity contribution < 1.29 is 9.31 Å². The van der Waals surface area contributed by atoms with Gasteiger partial charge >= 0.3 is 5.69 Å². The van der Waals surface area contributed by atoms with Crippen molar-refractivity contribution in [3.63, 3.8) is 0 Å². The van der Waals surface area contributed by atoms with Gasteiger partial charge in [0, 0.05) is 18.4 Å². The minimum absolute atomic E-state index is 0.156. The van der Waals surface area contributed by atoms with Crippen LogP contribution in [0.3, 0.4) is 0 Å². The Morgan fingerprint density at radius 3 is 2.58 bits per heavy atom. The van der Waals surface area contributed by atoms with Crippen LogP contribution in [-0.2, 0) is 0 Å². The van der Waals surface area contributed by atoms with Crippen LogP contribution in [-0.4, -0.2) is 14.7 Å². The second-order valence-corrected chi connectivity index (χ2v) is 5.30. The first-order valence-electron chi connectivity index (χ1n) is 7.35. The highest BCUT2D eigenvalue weighted by Gasteiger charge is 2.21. The molecule has 3 aromatic rings. The Bertz CT molecular complexity index is 848. The largest absolute Gasteiger partial charge is 0.373 e. The molecule has 1 aromatic heterocycles. The molecule has 0 radical (unpaired) electrons. The molecular weight excluding hydrogens is 311 g/mol. The number of nitrogens with zero attached hydrogens (tertiary/aromatic N) is 3. The number of hydrogen-bond donors (Lipinski definition) is 1. The van der Waals surface area contributed by atoms with Crippen LogP contribution in [0, 0.1) is 15.9 Å². The third kappa shape index (κ3) is 3.10. The molecule has 0 bridgehead atoms. The summed E-state index contributed by atoms with van der Waals surface area (Å²) < 4.78 is 15.4. The minimum Gasteiger partial charge on any atom is -0.373 e. The molecule has 122 valence electrons. The first kappa shape index (κ1) is 15.7. The van der Waals surface area contributed by atoms with Crippen LogP contribution in [0.15, 0.2) is 60.9 Å². The normalized spacial score (nSPS) is 11.9. The van der Waals surface area contributed by atoms with E-state index in [1.54, 1.807) is 10.9 Å². The van der Waals surface area contributed by atoms with Crippen molar-refractivity contribution in [2.75, 3.05) is 5.32 Å². The molecule has 0 saturated heterocycles. The number of rotatable bonds is 5. The molecule has 0 aliphatic rings. The SMILES string of the molecule is CC(Nc1cccc(F)c1[N+](=O)[O-])c1ccc(-n2cccn2)cc1. The minimum atomic E-state index is -0.855. The van der Waals surface area contributed by atoms with Gasteiger partial charge in [-0.3, -0.25) is 10.1 Å². The summed E-state index contributed by atoms with van der Waals surface area (Å²) in [4.78, 5) is 10.3. The fraction of sp³-hybridized carbons (Fsp3) is 0.118. The fourth-order valence-electron chi connectivity index (χ4n) is 2.47. The third-order valence-corrected chi connectivity index (χ3v) is 3.70. The molecule has 3 rings (SSSR count). The predicted octanol–water partition coefficient (Wildman–Crippen LogP) is 4.09. The van der Waals surface area contributed by atoms with Crippen LogP contribution in [0.25, 0.3) is 5.69 Å². The van der Waals surface area contributed by atoms with Gasteiger partial charge in [0.15, 0.2) is 0 Å². The van der Waals surface area contributed by atoms with E-state index < -0.39 is 16.4 Å². The topological polar surface area (TPSA) is 73.0 Å². The highest BCUT2D eigenvalue weighted by molar-refractivity contribution is 5.62. The first-order chi connectivity index (χ1) is 11.6. The molecule has 0 aliphatic carbocycles. The van der Waals surface area contributed by atoms with Crippen LogP contribution in [0.1, 0.15) is 18.5 Å². The summed E-state index contributed by atoms with van der Waals surface area (Å²) >= 11 is 0. The molecule has 0 spiro atoms. The molecule has 1 unspecified atom stereocenters. The number of anilines is 1. The standard InChI is InChI=1S/C17H15FN4O2/c1-12(20-16-5-2-4-15(18)17(16)22(23)24)13-6-8-14(9-7-13)21-11-3-10-19-21/h2-12,20H,1H3. The zero-order valence-corrected chi connectivity index (χ0v) is 12.9. The highest BCUT2D eigenvalue weighted by Crippen LogP contribution is 2.30. The average molecular weight is 326 g/mol. The van der Waals surface area contributed by atoms with Crippen LogP contribution < -0.4 is 5.32 Å². The molecule has 0 saturated carbocycles. The quantitative estimate of drug-likeness (QED) is 0.566. The van der Waals surface area contributed by atoms with Crippen molar-refractivity contribution in [2.45, 2.75) is 13.0 Å². The third-order valence-electron chi connectivity index (χ3n) is 3.70. The molecule has 2 aromatic carbocycles. The van der Waals surface area contributed by atoms with Gasteiger partial charge in [0.25, 0.3) is 0 Å². The van der Waals surface area contributed by atoms with E-state index in [1.807, 2.05) is 43.5 Å². The number of hydrogen-bond acceptors (Lipinski definition) is 4. The highest BCUT2D eigenvalue weighted by atomic mass is 19.1. The van der Waals surface area contributed by atoms with Crippen molar-refractivity contribution in [1.82, 2.24) is 9.78 Å². The lowest BCUT2D eigenvalue weighted by atomic mass is 10.1. The average Bonchev–Trinajstić information content (AvgIpc) is 3.09. The monoisotopic (exact) mass is 326 g/mol. The lowest BCUT2D eigenvalue weighted by Gasteiger charge is -2.16. The van der Waals surface area contributed by atoms with Gasteiger partial charge in [-0.25, -0.2) is 4.68 Å². The summed E-state index contributed by atoms with van der Waals surface area (Å²) in [5.74, 6) is -0.855. The van der Waals surface area contributed by atoms with E-state index in [0.717, 1.165) is 17.3 Å². The maximum atomic E-state index is 13.7. The molecule has 7 heteroatoms. The summed E-state index contributed by atoms with van der Waals surface area (Å²) in [6, 6.07) is 13.2. The maximum Gasteiger partial charge on any atom is 0.327 e. The van der Waals surface area contributed by atoms with Crippen molar-refractivity contribution >= 4 is 11.4 Å². The Kier molecular flexibility index (Phi) is 4.24. The summed E-state index contributed by atoms with van der Waals surface area (Å²) in [6.45, 7) is 1.86. The Labute approximate surface area is 137 Å². The van der Waals surface area contributed by atoms with E-state index in [2.05, 4.69) is 10.4 Å². The van der Waals surface area contributed by atoms with Crippen LogP contribution in [0.4, 0.5) is 15.8 Å². The Hall–Kier alpha value is -3.22. The van der Waals surface area contributed by atoms with Crippen molar-refractivity contribution in [1.29, 1.82) is 0 Å². The number of aromatic nitrogens is 2. The molecule has 6 nitrogen and oxygen atoms in total. The van der Waals surface area contributed by atoms with E-state index >= 15 is 0 Å². The smallest absolute Gasteiger partial charge is 0.327 e. The van der Waals surface area contributed by atoms with Gasteiger partial charge in [0.05, 0.1) is 10.6 Å². The van der Waals surface area contributed by atoms with Gasteiger partial charge in [-0.15, -0.1) is 0 Å². The number of halogens is 1. The van der Waals surface area contributed by atoms with E-state index in [1.165, 1.54) is 12.1 Å². The lowest BCUT2D eigenvalue weighted by molar-refractivity contribution is -0.386. The number of nitro benzene ring substituents is 1. The van der Waals surface area contributed by atoms with Gasteiger partial charge in [-0.2, -0.15) is 9.49 Å². The number of benzene rings is 2. The second kappa shape index (κ2) is 6.49. The predicted molar refractivity (Wildman–Crippen MR) is 88.7 cm³/mol. The summed E-state index contributed by atoms with van der Waals surface area (Å²) in [5, 5.41) is 18.2. The van der Waals surface area contributed by atoms with Gasteiger partial charge in [-0.1, -0.05) is 18.2 Å². The van der Waals surface area contributed by atoms with Gasteiger partial charge in [0.2, 0.25) is 5.82 Å². The van der Waals surface area contributed by atoms with Crippen LogP contribution in [0.5, 0.6) is 0 Å². The molecule has 0 aliphatic heterocycles. The van der Waals surface area contributed by atoms with Crippen molar-refractivity contribution in [3.8, 4) is 5.69 Å². The molecule has 1 atom stereocenters. The maximum absolute atomic E-state index is 13.7. The number of nitro groups is 1. The van der Waals surface area contributed by atoms with Gasteiger partial charge in [0.1, 0.15) is 5.69 Å². The Morgan fingerprint density at radius 1 is 1.21 bits per heavy atom. The fourth-order valence-corrected chi connectivity index (χ4v) is 2.47. The zero-order valence-electron chi connectivity index (χ0n) is 12.9. The van der Waals surface area contributed by atoms with E-state index in [0.29, 0.717) is 0 Å². The summed E-state index contributed by atoms with van der Waals surface area (Å²) in [7, 11) is 0. The van der Waals surface area contributed by atoms with E-state index in [9.17, 15) is 14.5 Å². The first-order valence-corrected chi connectivity index (χ1v) is 7.35. The number of nitrogens with one attached hydrogen (secondary N) is 1. The van der Waals surface area contributed by atoms with Crippen LogP contribution in [0.2, 0.25) is 0 Å². The lowest BCUT2D eigenvalue weighted by Crippen LogP contribution is -2.09. The van der Waals surface area contributed by atoms with Crippen LogP contribution >= 0.6 is 0 Å². The molecule has 0 fully saturated rings. The Balaban J connectivity index is 1.82. The molecule has 1 N–H and O–H groups in total. The molecular formula is C17H15FN4O2. The van der Waals surface area contributed by atoms with Gasteiger partial charge in [-0.05, 0) is 42.8 Å². The summed E-state index contributed by atoms with van der Waals surface area (Å²) in [5.41, 5.74) is 1.44. The molecule has 24 heavy (non-hydrogen) atoms. The van der Waals surface area contributed by atoms with E-state index in [4.69, 9.17) is 0 Å². The van der Waals surface area contributed by atoms with E-state index in [-0.39, 0.29) is 11.7 Å². The number of para-hydroxylation sites is 1.